The van der Waals surface area contributed by atoms with E-state index in [4.69, 9.17) is 17.4 Å². The molecule has 104 valence electrons. The van der Waals surface area contributed by atoms with Crippen LogP contribution in [0.3, 0.4) is 0 Å². The molecule has 1 amide bonds. The van der Waals surface area contributed by atoms with Crippen LogP contribution in [0.15, 0.2) is 30.5 Å². The number of anilines is 2. The number of rotatable bonds is 3. The number of nitrogen functional groups attached to an aromatic ring is 1. The average molecular weight is 291 g/mol. The lowest BCUT2D eigenvalue weighted by molar-refractivity contribution is 0.102. The maximum Gasteiger partial charge on any atom is 0.259 e. The first kappa shape index (κ1) is 14.3. The van der Waals surface area contributed by atoms with Crippen molar-refractivity contribution >= 4 is 28.9 Å². The summed E-state index contributed by atoms with van der Waals surface area (Å²) < 4.78 is 0. The fraction of sp³-hybridized carbons (Fsp3) is 0.143. The highest BCUT2D eigenvalue weighted by Gasteiger charge is 2.14. The summed E-state index contributed by atoms with van der Waals surface area (Å²) in [7, 11) is 0. The van der Waals surface area contributed by atoms with Crippen LogP contribution in [0.2, 0.25) is 5.02 Å². The fourth-order valence-electron chi connectivity index (χ4n) is 1.83. The van der Waals surface area contributed by atoms with Crippen molar-refractivity contribution in [2.75, 3.05) is 10.7 Å². The summed E-state index contributed by atoms with van der Waals surface area (Å²) in [6.07, 6.45) is 1.48. The number of hydrogen-bond acceptors (Lipinski definition) is 4. The summed E-state index contributed by atoms with van der Waals surface area (Å²) in [6, 6.07) is 7.12. The monoisotopic (exact) mass is 290 g/mol. The minimum Gasteiger partial charge on any atom is -0.323 e. The van der Waals surface area contributed by atoms with E-state index < -0.39 is 0 Å². The molecule has 0 aliphatic rings. The highest BCUT2D eigenvalue weighted by atomic mass is 35.5. The average Bonchev–Trinajstić information content (AvgIpc) is 2.42. The van der Waals surface area contributed by atoms with Crippen LogP contribution in [-0.4, -0.2) is 10.9 Å². The molecule has 0 radical (unpaired) electrons. The SMILES string of the molecule is Cc1cc(NN)c(C(=O)Nc2c(C)cccc2Cl)cn1. The first-order chi connectivity index (χ1) is 9.52. The predicted octanol–water partition coefficient (Wildman–Crippen LogP) is 2.89. The maximum absolute atomic E-state index is 12.3. The van der Waals surface area contributed by atoms with E-state index in [0.717, 1.165) is 11.3 Å². The van der Waals surface area contributed by atoms with Gasteiger partial charge in [-0.3, -0.25) is 15.6 Å². The lowest BCUT2D eigenvalue weighted by Gasteiger charge is -2.12. The van der Waals surface area contributed by atoms with Crippen molar-refractivity contribution < 1.29 is 4.79 Å². The molecule has 0 aliphatic heterocycles. The van der Waals surface area contributed by atoms with Crippen LogP contribution in [-0.2, 0) is 0 Å². The molecule has 0 saturated carbocycles. The lowest BCUT2D eigenvalue weighted by Crippen LogP contribution is -2.18. The second-order valence-electron chi connectivity index (χ2n) is 4.40. The molecular weight excluding hydrogens is 276 g/mol. The molecule has 1 heterocycles. The number of nitrogens with zero attached hydrogens (tertiary/aromatic N) is 1. The van der Waals surface area contributed by atoms with Gasteiger partial charge in [-0.25, -0.2) is 0 Å². The zero-order valence-electron chi connectivity index (χ0n) is 11.2. The zero-order chi connectivity index (χ0) is 14.7. The Morgan fingerprint density at radius 1 is 1.35 bits per heavy atom. The number of aromatic nitrogens is 1. The van der Waals surface area contributed by atoms with Gasteiger partial charge in [-0.1, -0.05) is 23.7 Å². The van der Waals surface area contributed by atoms with Gasteiger partial charge >= 0.3 is 0 Å². The molecule has 0 unspecified atom stereocenters. The van der Waals surface area contributed by atoms with Gasteiger partial charge in [-0.2, -0.15) is 0 Å². The van der Waals surface area contributed by atoms with Crippen molar-refractivity contribution in [1.82, 2.24) is 4.98 Å². The molecule has 0 saturated heterocycles. The minimum absolute atomic E-state index is 0.318. The van der Waals surface area contributed by atoms with Crippen LogP contribution in [0.4, 0.5) is 11.4 Å². The molecule has 1 aromatic carbocycles. The Kier molecular flexibility index (Phi) is 4.22. The number of carbonyl (C=O) groups excluding carboxylic acids is 1. The van der Waals surface area contributed by atoms with Gasteiger partial charge < -0.3 is 10.7 Å². The number of pyridine rings is 1. The molecule has 4 N–H and O–H groups in total. The van der Waals surface area contributed by atoms with E-state index in [1.165, 1.54) is 6.20 Å². The van der Waals surface area contributed by atoms with Gasteiger partial charge in [0.25, 0.3) is 5.91 Å². The Labute approximate surface area is 122 Å². The van der Waals surface area contributed by atoms with Gasteiger partial charge in [0.1, 0.15) is 0 Å². The van der Waals surface area contributed by atoms with E-state index >= 15 is 0 Å². The normalized spacial score (nSPS) is 10.2. The fourth-order valence-corrected chi connectivity index (χ4v) is 2.10. The summed E-state index contributed by atoms with van der Waals surface area (Å²) >= 11 is 6.09. The molecule has 2 rings (SSSR count). The largest absolute Gasteiger partial charge is 0.323 e. The third-order valence-corrected chi connectivity index (χ3v) is 3.22. The molecule has 1 aromatic heterocycles. The summed E-state index contributed by atoms with van der Waals surface area (Å²) in [6.45, 7) is 3.69. The molecule has 0 spiro atoms. The van der Waals surface area contributed by atoms with Crippen LogP contribution < -0.4 is 16.6 Å². The van der Waals surface area contributed by atoms with Crippen molar-refractivity contribution in [3.63, 3.8) is 0 Å². The van der Waals surface area contributed by atoms with Gasteiger partial charge in [0.05, 0.1) is 22.0 Å². The third kappa shape index (κ3) is 2.89. The van der Waals surface area contributed by atoms with Crippen LogP contribution in [0.1, 0.15) is 21.6 Å². The summed E-state index contributed by atoms with van der Waals surface area (Å²) in [4.78, 5) is 16.4. The van der Waals surface area contributed by atoms with Crippen molar-refractivity contribution in [2.45, 2.75) is 13.8 Å². The molecule has 2 aromatic rings. The van der Waals surface area contributed by atoms with Crippen molar-refractivity contribution in [2.24, 2.45) is 5.84 Å². The number of amides is 1. The van der Waals surface area contributed by atoms with Gasteiger partial charge in [-0.05, 0) is 31.5 Å². The molecule has 0 atom stereocenters. The van der Waals surface area contributed by atoms with Gasteiger partial charge in [0.15, 0.2) is 0 Å². The Balaban J connectivity index is 2.33. The number of benzene rings is 1. The van der Waals surface area contributed by atoms with E-state index in [-0.39, 0.29) is 5.91 Å². The van der Waals surface area contributed by atoms with Gasteiger partial charge in [0.2, 0.25) is 0 Å². The number of hydrogen-bond donors (Lipinski definition) is 3. The molecule has 6 heteroatoms. The smallest absolute Gasteiger partial charge is 0.259 e. The number of carbonyl (C=O) groups is 1. The molecular formula is C14H15ClN4O. The van der Waals surface area contributed by atoms with Crippen molar-refractivity contribution in [3.05, 3.63) is 52.3 Å². The van der Waals surface area contributed by atoms with E-state index in [0.29, 0.717) is 22.0 Å². The zero-order valence-corrected chi connectivity index (χ0v) is 12.0. The summed E-state index contributed by atoms with van der Waals surface area (Å²) in [5.74, 6) is 5.11. The summed E-state index contributed by atoms with van der Waals surface area (Å²) in [5.41, 5.74) is 5.61. The minimum atomic E-state index is -0.318. The topological polar surface area (TPSA) is 80.0 Å². The van der Waals surface area contributed by atoms with Crippen LogP contribution in [0.25, 0.3) is 0 Å². The number of para-hydroxylation sites is 1. The van der Waals surface area contributed by atoms with E-state index in [1.807, 2.05) is 26.0 Å². The molecule has 0 fully saturated rings. The van der Waals surface area contributed by atoms with Crippen LogP contribution >= 0.6 is 11.6 Å². The Morgan fingerprint density at radius 2 is 2.10 bits per heavy atom. The number of aryl methyl sites for hydroxylation is 2. The lowest BCUT2D eigenvalue weighted by atomic mass is 10.1. The standard InChI is InChI=1S/C14H15ClN4O/c1-8-4-3-5-11(15)13(8)18-14(20)10-7-17-9(2)6-12(10)19-16/h3-7H,16H2,1-2H3,(H,17,19)(H,18,20). The number of halogens is 1. The third-order valence-electron chi connectivity index (χ3n) is 2.90. The van der Waals surface area contributed by atoms with E-state index in [2.05, 4.69) is 15.7 Å². The van der Waals surface area contributed by atoms with Crippen molar-refractivity contribution in [3.8, 4) is 0 Å². The highest BCUT2D eigenvalue weighted by Crippen LogP contribution is 2.26. The van der Waals surface area contributed by atoms with Crippen molar-refractivity contribution in [1.29, 1.82) is 0 Å². The molecule has 0 bridgehead atoms. The Bertz CT molecular complexity index is 637. The number of hydrazine groups is 1. The first-order valence-electron chi connectivity index (χ1n) is 6.02. The second kappa shape index (κ2) is 5.90. The molecule has 0 aliphatic carbocycles. The van der Waals surface area contributed by atoms with Crippen LogP contribution in [0.5, 0.6) is 0 Å². The second-order valence-corrected chi connectivity index (χ2v) is 4.81. The maximum atomic E-state index is 12.3. The molecule has 5 nitrogen and oxygen atoms in total. The van der Waals surface area contributed by atoms with Crippen LogP contribution in [0, 0.1) is 13.8 Å². The highest BCUT2D eigenvalue weighted by molar-refractivity contribution is 6.34. The first-order valence-corrected chi connectivity index (χ1v) is 6.40. The van der Waals surface area contributed by atoms with E-state index in [1.54, 1.807) is 12.1 Å². The molecule has 20 heavy (non-hydrogen) atoms. The predicted molar refractivity (Wildman–Crippen MR) is 80.9 cm³/mol. The number of nitrogens with one attached hydrogen (secondary N) is 2. The summed E-state index contributed by atoms with van der Waals surface area (Å²) in [5, 5.41) is 3.27. The van der Waals surface area contributed by atoms with E-state index in [9.17, 15) is 4.79 Å². The van der Waals surface area contributed by atoms with Gasteiger partial charge in [-0.15, -0.1) is 0 Å². The number of nitrogens with two attached hydrogens (primary N) is 1. The Hall–Kier alpha value is -2.11. The Morgan fingerprint density at radius 3 is 2.75 bits per heavy atom. The quantitative estimate of drug-likeness (QED) is 0.600. The van der Waals surface area contributed by atoms with Gasteiger partial charge in [0, 0.05) is 11.9 Å².